The molecule has 1 aromatic carbocycles. The average molecular weight is 236 g/mol. The molecular formula is C13H16O4. The van der Waals surface area contributed by atoms with E-state index < -0.39 is 5.97 Å². The predicted octanol–water partition coefficient (Wildman–Crippen LogP) is 1.98. The normalized spacial score (nSPS) is 9.59. The summed E-state index contributed by atoms with van der Waals surface area (Å²) in [5.74, 6) is 0.976. The number of methoxy groups -OCH3 is 3. The van der Waals surface area contributed by atoms with Gasteiger partial charge in [-0.05, 0) is 18.2 Å². The van der Waals surface area contributed by atoms with Gasteiger partial charge < -0.3 is 14.2 Å². The fourth-order valence-corrected chi connectivity index (χ4v) is 1.47. The van der Waals surface area contributed by atoms with Crippen LogP contribution in [0.4, 0.5) is 0 Å². The molecule has 4 nitrogen and oxygen atoms in total. The molecular weight excluding hydrogens is 220 g/mol. The van der Waals surface area contributed by atoms with E-state index in [0.29, 0.717) is 23.5 Å². The first kappa shape index (κ1) is 13.1. The van der Waals surface area contributed by atoms with Crippen LogP contribution in [0, 0.1) is 0 Å². The maximum atomic E-state index is 11.3. The molecule has 0 atom stereocenters. The summed E-state index contributed by atoms with van der Waals surface area (Å²) in [6.45, 7) is 3.68. The van der Waals surface area contributed by atoms with Crippen molar-refractivity contribution in [3.05, 3.63) is 35.9 Å². The number of esters is 1. The molecule has 0 saturated heterocycles. The molecule has 0 bridgehead atoms. The molecule has 0 aliphatic carbocycles. The van der Waals surface area contributed by atoms with Gasteiger partial charge in [0.25, 0.3) is 0 Å². The lowest BCUT2D eigenvalue weighted by molar-refractivity contribution is -0.136. The highest BCUT2D eigenvalue weighted by Crippen LogP contribution is 2.26. The van der Waals surface area contributed by atoms with Gasteiger partial charge in [0.05, 0.1) is 21.3 Å². The number of rotatable bonds is 5. The second-order valence-electron chi connectivity index (χ2n) is 3.45. The fraction of sp³-hybridized carbons (Fsp3) is 0.308. The minimum absolute atomic E-state index is 0.368. The lowest BCUT2D eigenvalue weighted by atomic mass is 10.1. The average Bonchev–Trinajstić information content (AvgIpc) is 2.37. The Balaban J connectivity index is 2.95. The smallest absolute Gasteiger partial charge is 0.333 e. The molecule has 4 heteroatoms. The highest BCUT2D eigenvalue weighted by Gasteiger charge is 2.12. The van der Waals surface area contributed by atoms with Crippen molar-refractivity contribution in [3.8, 4) is 11.5 Å². The molecule has 0 aromatic heterocycles. The lowest BCUT2D eigenvalue weighted by Crippen LogP contribution is -2.07. The van der Waals surface area contributed by atoms with Crippen molar-refractivity contribution in [1.82, 2.24) is 0 Å². The molecule has 0 unspecified atom stereocenters. The van der Waals surface area contributed by atoms with Crippen LogP contribution in [0.5, 0.6) is 11.5 Å². The molecule has 0 spiro atoms. The number of hydrogen-bond acceptors (Lipinski definition) is 4. The van der Waals surface area contributed by atoms with Gasteiger partial charge in [0.2, 0.25) is 0 Å². The predicted molar refractivity (Wildman–Crippen MR) is 64.4 cm³/mol. The van der Waals surface area contributed by atoms with E-state index in [9.17, 15) is 4.79 Å². The van der Waals surface area contributed by atoms with Crippen molar-refractivity contribution in [2.24, 2.45) is 0 Å². The van der Waals surface area contributed by atoms with Crippen LogP contribution < -0.4 is 9.47 Å². The molecule has 17 heavy (non-hydrogen) atoms. The molecule has 0 heterocycles. The quantitative estimate of drug-likeness (QED) is 0.579. The SMILES string of the molecule is C=C(Cc1cc(OC)ccc1OC)C(=O)OC. The topological polar surface area (TPSA) is 44.8 Å². The van der Waals surface area contributed by atoms with Crippen molar-refractivity contribution in [2.45, 2.75) is 6.42 Å². The number of benzene rings is 1. The van der Waals surface area contributed by atoms with Gasteiger partial charge in [-0.25, -0.2) is 4.79 Å². The monoisotopic (exact) mass is 236 g/mol. The first-order valence-electron chi connectivity index (χ1n) is 5.09. The van der Waals surface area contributed by atoms with E-state index in [1.54, 1.807) is 26.4 Å². The summed E-state index contributed by atoms with van der Waals surface area (Å²) in [7, 11) is 4.49. The summed E-state index contributed by atoms with van der Waals surface area (Å²) in [4.78, 5) is 11.3. The van der Waals surface area contributed by atoms with Gasteiger partial charge >= 0.3 is 5.97 Å². The van der Waals surface area contributed by atoms with E-state index in [2.05, 4.69) is 11.3 Å². The van der Waals surface area contributed by atoms with Crippen molar-refractivity contribution < 1.29 is 19.0 Å². The Kier molecular flexibility index (Phi) is 4.57. The van der Waals surface area contributed by atoms with Crippen molar-refractivity contribution in [2.75, 3.05) is 21.3 Å². The van der Waals surface area contributed by atoms with Crippen LogP contribution in [0.15, 0.2) is 30.4 Å². The summed E-state index contributed by atoms with van der Waals surface area (Å²) in [6.07, 6.45) is 0.368. The van der Waals surface area contributed by atoms with E-state index >= 15 is 0 Å². The first-order chi connectivity index (χ1) is 8.12. The number of carbonyl (C=O) groups is 1. The van der Waals surface area contributed by atoms with E-state index in [-0.39, 0.29) is 0 Å². The Labute approximate surface area is 101 Å². The number of carbonyl (C=O) groups excluding carboxylic acids is 1. The largest absolute Gasteiger partial charge is 0.497 e. The van der Waals surface area contributed by atoms with Gasteiger partial charge in [0.15, 0.2) is 0 Å². The summed E-state index contributed by atoms with van der Waals surface area (Å²) in [5.41, 5.74) is 1.21. The molecule has 0 aliphatic rings. The molecule has 0 N–H and O–H groups in total. The number of ether oxygens (including phenoxy) is 3. The highest BCUT2D eigenvalue weighted by atomic mass is 16.5. The number of hydrogen-bond donors (Lipinski definition) is 0. The van der Waals surface area contributed by atoms with Gasteiger partial charge in [0.1, 0.15) is 11.5 Å². The molecule has 92 valence electrons. The van der Waals surface area contributed by atoms with Gasteiger partial charge in [0, 0.05) is 17.6 Å². The van der Waals surface area contributed by atoms with Gasteiger partial charge in [-0.3, -0.25) is 0 Å². The Bertz CT molecular complexity index is 423. The lowest BCUT2D eigenvalue weighted by Gasteiger charge is -2.10. The third-order valence-corrected chi connectivity index (χ3v) is 2.37. The maximum absolute atomic E-state index is 11.3. The first-order valence-corrected chi connectivity index (χ1v) is 5.09. The Hall–Kier alpha value is -1.97. The van der Waals surface area contributed by atoms with Crippen LogP contribution in [0.2, 0.25) is 0 Å². The minimum Gasteiger partial charge on any atom is -0.497 e. The van der Waals surface area contributed by atoms with Crippen LogP contribution in [0.25, 0.3) is 0 Å². The standard InChI is InChI=1S/C13H16O4/c1-9(13(14)17-4)7-10-8-11(15-2)5-6-12(10)16-3/h5-6,8H,1,7H2,2-4H3. The minimum atomic E-state index is -0.421. The van der Waals surface area contributed by atoms with Crippen LogP contribution in [0.3, 0.4) is 0 Å². The molecule has 1 aromatic rings. The van der Waals surface area contributed by atoms with Crippen LogP contribution >= 0.6 is 0 Å². The summed E-state index contributed by atoms with van der Waals surface area (Å²) in [5, 5.41) is 0. The fourth-order valence-electron chi connectivity index (χ4n) is 1.47. The van der Waals surface area contributed by atoms with Crippen LogP contribution in [-0.2, 0) is 16.0 Å². The molecule has 0 aliphatic heterocycles. The Morgan fingerprint density at radius 1 is 1.24 bits per heavy atom. The highest BCUT2D eigenvalue weighted by molar-refractivity contribution is 5.88. The Morgan fingerprint density at radius 3 is 2.47 bits per heavy atom. The summed E-state index contributed by atoms with van der Waals surface area (Å²) >= 11 is 0. The van der Waals surface area contributed by atoms with Crippen molar-refractivity contribution in [3.63, 3.8) is 0 Å². The van der Waals surface area contributed by atoms with Crippen LogP contribution in [-0.4, -0.2) is 27.3 Å². The van der Waals surface area contributed by atoms with E-state index in [4.69, 9.17) is 9.47 Å². The second kappa shape index (κ2) is 5.94. The zero-order valence-electron chi connectivity index (χ0n) is 10.3. The molecule has 1 rings (SSSR count). The summed E-state index contributed by atoms with van der Waals surface area (Å²) < 4.78 is 14.9. The molecule has 0 amide bonds. The van der Waals surface area contributed by atoms with Gasteiger partial charge in [-0.1, -0.05) is 6.58 Å². The van der Waals surface area contributed by atoms with Crippen LogP contribution in [0.1, 0.15) is 5.56 Å². The third-order valence-electron chi connectivity index (χ3n) is 2.37. The summed E-state index contributed by atoms with van der Waals surface area (Å²) in [6, 6.07) is 5.40. The van der Waals surface area contributed by atoms with E-state index in [1.807, 2.05) is 6.07 Å². The van der Waals surface area contributed by atoms with Crippen molar-refractivity contribution >= 4 is 5.97 Å². The van der Waals surface area contributed by atoms with E-state index in [0.717, 1.165) is 5.56 Å². The van der Waals surface area contributed by atoms with Gasteiger partial charge in [-0.2, -0.15) is 0 Å². The molecule has 0 radical (unpaired) electrons. The zero-order chi connectivity index (χ0) is 12.8. The zero-order valence-corrected chi connectivity index (χ0v) is 10.3. The van der Waals surface area contributed by atoms with E-state index in [1.165, 1.54) is 7.11 Å². The Morgan fingerprint density at radius 2 is 1.94 bits per heavy atom. The third kappa shape index (κ3) is 3.24. The molecule has 0 fully saturated rings. The van der Waals surface area contributed by atoms with Crippen molar-refractivity contribution in [1.29, 1.82) is 0 Å². The second-order valence-corrected chi connectivity index (χ2v) is 3.45. The van der Waals surface area contributed by atoms with Gasteiger partial charge in [-0.15, -0.1) is 0 Å². The maximum Gasteiger partial charge on any atom is 0.333 e. The molecule has 0 saturated carbocycles.